The molecule has 6 heteroatoms. The molecule has 1 aromatic heterocycles. The number of ether oxygens (including phenoxy) is 1. The maximum Gasteiger partial charge on any atom is 2.00 e. The fourth-order valence-corrected chi connectivity index (χ4v) is 1.86. The average Bonchev–Trinajstić information content (AvgIpc) is 2.69. The predicted octanol–water partition coefficient (Wildman–Crippen LogP) is 1.66. The second kappa shape index (κ2) is 8.91. The molecule has 0 aliphatic heterocycles. The predicted molar refractivity (Wildman–Crippen MR) is 70.4 cm³/mol. The molecule has 0 aromatic carbocycles. The van der Waals surface area contributed by atoms with Crippen LogP contribution in [0, 0.1) is 5.92 Å². The normalized spacial score (nSPS) is 11.5. The van der Waals surface area contributed by atoms with Gasteiger partial charge < -0.3 is 12.9 Å². The van der Waals surface area contributed by atoms with Crippen LogP contribution < -0.4 is 10.1 Å². The van der Waals surface area contributed by atoms with E-state index >= 15 is 0 Å². The van der Waals surface area contributed by atoms with Crippen molar-refractivity contribution in [3.05, 3.63) is 17.5 Å². The number of rotatable bonds is 6. The summed E-state index contributed by atoms with van der Waals surface area (Å²) in [5.41, 5.74) is 0. The van der Waals surface area contributed by atoms with Gasteiger partial charge >= 0.3 is 43.7 Å². The van der Waals surface area contributed by atoms with Crippen LogP contribution >= 0.6 is 11.3 Å². The fraction of sp³-hybridized carbons (Fsp3) is 0.455. The number of esters is 1. The summed E-state index contributed by atoms with van der Waals surface area (Å²) in [6.07, 6.45) is 1.10. The fourth-order valence-electron chi connectivity index (χ4n) is 1.28. The largest absolute Gasteiger partial charge is 2.00 e. The topological polar surface area (TPSA) is 55.4 Å². The first kappa shape index (κ1) is 16.9. The van der Waals surface area contributed by atoms with Crippen LogP contribution in [-0.4, -0.2) is 56.2 Å². The molecule has 0 bridgehead atoms. The van der Waals surface area contributed by atoms with E-state index in [2.05, 4.69) is 5.32 Å². The average molecular weight is 283 g/mol. The van der Waals surface area contributed by atoms with E-state index in [1.807, 2.05) is 19.2 Å². The van der Waals surface area contributed by atoms with E-state index in [-0.39, 0.29) is 40.6 Å². The monoisotopic (exact) mass is 283 g/mol. The van der Waals surface area contributed by atoms with Gasteiger partial charge in [0.2, 0.25) is 6.41 Å². The Morgan fingerprint density at radius 2 is 2.35 bits per heavy atom. The number of carbonyl (C=O) groups is 2. The van der Waals surface area contributed by atoms with Crippen molar-refractivity contribution in [3.63, 3.8) is 0 Å². The molecule has 0 saturated carbocycles. The van der Waals surface area contributed by atoms with Crippen molar-refractivity contribution in [2.75, 3.05) is 0 Å². The first-order valence-electron chi connectivity index (χ1n) is 5.08. The molecule has 0 radical (unpaired) electrons. The Hall–Kier alpha value is -0.100. The van der Waals surface area contributed by atoms with Gasteiger partial charge in [-0.15, -0.1) is 11.3 Å². The molecule has 1 N–H and O–H groups in total. The smallest absolute Gasteiger partial charge is 1.00 e. The Morgan fingerprint density at radius 1 is 1.65 bits per heavy atom. The van der Waals surface area contributed by atoms with E-state index < -0.39 is 12.0 Å². The number of carbonyl (C=O) groups excluding carboxylic acids is 2. The molecule has 17 heavy (non-hydrogen) atoms. The maximum absolute atomic E-state index is 11.7. The first-order chi connectivity index (χ1) is 7.63. The van der Waals surface area contributed by atoms with Crippen LogP contribution in [0.3, 0.4) is 0 Å². The zero-order valence-corrected chi connectivity index (χ0v) is 13.0. The summed E-state index contributed by atoms with van der Waals surface area (Å²) < 4.78 is 5.13. The molecule has 0 unspecified atom stereocenters. The van der Waals surface area contributed by atoms with Crippen molar-refractivity contribution in [3.8, 4) is 5.06 Å². The van der Waals surface area contributed by atoms with E-state index in [0.29, 0.717) is 23.8 Å². The third-order valence-corrected chi connectivity index (χ3v) is 2.70. The quantitative estimate of drug-likeness (QED) is 0.491. The van der Waals surface area contributed by atoms with Gasteiger partial charge in [0.1, 0.15) is 6.04 Å². The van der Waals surface area contributed by atoms with Gasteiger partial charge in [0.05, 0.1) is 0 Å². The van der Waals surface area contributed by atoms with Gasteiger partial charge in [-0.1, -0.05) is 13.8 Å². The minimum absolute atomic E-state index is 0. The summed E-state index contributed by atoms with van der Waals surface area (Å²) in [4.78, 5) is 22.1. The molecule has 1 atom stereocenters. The zero-order valence-electron chi connectivity index (χ0n) is 12.0. The zero-order chi connectivity index (χ0) is 12.0. The molecule has 92 valence electrons. The van der Waals surface area contributed by atoms with Crippen molar-refractivity contribution < 1.29 is 17.2 Å². The van der Waals surface area contributed by atoms with E-state index in [1.165, 1.54) is 11.3 Å². The number of hydrogen-bond acceptors (Lipinski definition) is 4. The van der Waals surface area contributed by atoms with Crippen LogP contribution in [0.4, 0.5) is 0 Å². The Bertz CT molecular complexity index is 350. The Morgan fingerprint density at radius 3 is 2.82 bits per heavy atom. The van der Waals surface area contributed by atoms with Crippen LogP contribution in [0.15, 0.2) is 17.5 Å². The van der Waals surface area contributed by atoms with Gasteiger partial charge in [-0.25, -0.2) is 4.79 Å². The van der Waals surface area contributed by atoms with E-state index in [9.17, 15) is 9.59 Å². The molecular formula is C11H17CaNO3S. The Balaban J connectivity index is -0.000000853. The molecule has 0 saturated heterocycles. The first-order valence-corrected chi connectivity index (χ1v) is 5.96. The molecule has 0 fully saturated rings. The molecule has 1 aromatic rings. The van der Waals surface area contributed by atoms with Crippen LogP contribution in [0.25, 0.3) is 0 Å². The summed E-state index contributed by atoms with van der Waals surface area (Å²) in [5, 5.41) is 4.85. The molecule has 1 rings (SSSR count). The van der Waals surface area contributed by atoms with Gasteiger partial charge in [-0.05, 0) is 29.9 Å². The molecule has 4 nitrogen and oxygen atoms in total. The number of hydrogen-bond donors (Lipinski definition) is 1. The second-order valence-corrected chi connectivity index (χ2v) is 4.73. The molecule has 1 heterocycles. The molecule has 0 aliphatic rings. The summed E-state index contributed by atoms with van der Waals surface area (Å²) in [7, 11) is 0. The summed E-state index contributed by atoms with van der Waals surface area (Å²) in [5.74, 6) is -0.100. The van der Waals surface area contributed by atoms with Crippen molar-refractivity contribution in [1.82, 2.24) is 5.32 Å². The Labute approximate surface area is 138 Å². The van der Waals surface area contributed by atoms with Crippen molar-refractivity contribution in [2.45, 2.75) is 26.3 Å². The van der Waals surface area contributed by atoms with Gasteiger partial charge in [0.15, 0.2) is 5.06 Å². The van der Waals surface area contributed by atoms with E-state index in [4.69, 9.17) is 4.74 Å². The third kappa shape index (κ3) is 6.41. The van der Waals surface area contributed by atoms with Gasteiger partial charge in [-0.3, -0.25) is 4.79 Å². The maximum atomic E-state index is 11.7. The number of thiophene rings is 1. The van der Waals surface area contributed by atoms with E-state index in [0.717, 1.165) is 0 Å². The molecule has 1 amide bonds. The van der Waals surface area contributed by atoms with Crippen molar-refractivity contribution >= 4 is 61.5 Å². The number of nitrogens with one attached hydrogen (secondary N) is 1. The standard InChI is InChI=1S/C11H15NO3S.Ca.2H/c1-8(2)6-9(12-7-13)11(14)15-10-4-3-5-16-10;;;/h3-5,7-9H,6H2,1-2H3,(H,12,13);;;/q;+2;2*-1/t9-;;;/m0.../s1. The molecule has 0 spiro atoms. The van der Waals surface area contributed by atoms with E-state index in [1.54, 1.807) is 12.1 Å². The van der Waals surface area contributed by atoms with Crippen LogP contribution in [0.1, 0.15) is 23.1 Å². The van der Waals surface area contributed by atoms with Crippen LogP contribution in [0.5, 0.6) is 5.06 Å². The Kier molecular flexibility index (Phi) is 8.86. The second-order valence-electron chi connectivity index (χ2n) is 3.82. The van der Waals surface area contributed by atoms with Crippen LogP contribution in [0.2, 0.25) is 0 Å². The van der Waals surface area contributed by atoms with Gasteiger partial charge in [-0.2, -0.15) is 0 Å². The van der Waals surface area contributed by atoms with Gasteiger partial charge in [0, 0.05) is 0 Å². The van der Waals surface area contributed by atoms with Crippen molar-refractivity contribution in [1.29, 1.82) is 0 Å². The summed E-state index contributed by atoms with van der Waals surface area (Å²) in [6.45, 7) is 3.97. The minimum atomic E-state index is -0.570. The SMILES string of the molecule is CC(C)C[C@H](NC=O)C(=O)Oc1cccs1.[Ca+2].[H-].[H-]. The third-order valence-electron chi connectivity index (χ3n) is 1.96. The van der Waals surface area contributed by atoms with Crippen LogP contribution in [-0.2, 0) is 9.59 Å². The number of amides is 1. The van der Waals surface area contributed by atoms with Crippen molar-refractivity contribution in [2.24, 2.45) is 5.92 Å². The van der Waals surface area contributed by atoms with Gasteiger partial charge in [0.25, 0.3) is 0 Å². The molecule has 0 aliphatic carbocycles. The summed E-state index contributed by atoms with van der Waals surface area (Å²) in [6, 6.07) is 2.95. The summed E-state index contributed by atoms with van der Waals surface area (Å²) >= 11 is 1.35. The molecular weight excluding hydrogens is 266 g/mol. The minimum Gasteiger partial charge on any atom is -1.00 e.